The second-order valence-electron chi connectivity index (χ2n) is 8.03. The summed E-state index contributed by atoms with van der Waals surface area (Å²) < 4.78 is 1.31. The normalized spacial score (nSPS) is 11.0. The number of carbonyl (C=O) groups excluding carboxylic acids is 2. The minimum atomic E-state index is -0.349. The summed E-state index contributed by atoms with van der Waals surface area (Å²) in [6.07, 6.45) is 1.40. The maximum Gasteiger partial charge on any atom is 0.263 e. The summed E-state index contributed by atoms with van der Waals surface area (Å²) in [5.74, 6) is -0.647. The van der Waals surface area contributed by atoms with Crippen LogP contribution in [0.1, 0.15) is 16.0 Å². The van der Waals surface area contributed by atoms with Crippen LogP contribution in [-0.2, 0) is 16.1 Å². The number of amides is 2. The van der Waals surface area contributed by atoms with E-state index in [1.807, 2.05) is 56.5 Å². The van der Waals surface area contributed by atoms with Crippen LogP contribution in [0, 0.1) is 20.8 Å². The van der Waals surface area contributed by atoms with Crippen LogP contribution in [0.4, 0.5) is 5.69 Å². The van der Waals surface area contributed by atoms with Crippen molar-refractivity contribution < 1.29 is 9.59 Å². The first-order chi connectivity index (χ1) is 15.7. The molecule has 0 spiro atoms. The van der Waals surface area contributed by atoms with E-state index >= 15 is 0 Å². The first-order valence-electron chi connectivity index (χ1n) is 10.4. The van der Waals surface area contributed by atoms with Gasteiger partial charge in [0.25, 0.3) is 5.56 Å². The fourth-order valence-corrected chi connectivity index (χ4v) is 5.33. The molecule has 0 saturated heterocycles. The van der Waals surface area contributed by atoms with Crippen LogP contribution in [-0.4, -0.2) is 39.9 Å². The van der Waals surface area contributed by atoms with Gasteiger partial charge in [0.05, 0.1) is 18.3 Å². The highest BCUT2D eigenvalue weighted by Gasteiger charge is 2.18. The quantitative estimate of drug-likeness (QED) is 0.448. The maximum absolute atomic E-state index is 13.2. The molecule has 0 saturated carbocycles. The molecule has 0 fully saturated rings. The van der Waals surface area contributed by atoms with Crippen molar-refractivity contribution in [3.63, 3.8) is 0 Å². The number of likely N-dealkylation sites (N-methyl/N-ethyl adjacent to an activating group) is 1. The Labute approximate surface area is 199 Å². The topological polar surface area (TPSA) is 84.3 Å². The Bertz CT molecular complexity index is 1420. The first kappa shape index (κ1) is 22.9. The highest BCUT2D eigenvalue weighted by Crippen LogP contribution is 2.34. The number of aryl methyl sites for hydroxylation is 3. The Morgan fingerprint density at radius 3 is 2.67 bits per heavy atom. The molecule has 1 aromatic carbocycles. The number of benzene rings is 1. The largest absolute Gasteiger partial charge is 0.335 e. The van der Waals surface area contributed by atoms with Crippen molar-refractivity contribution in [1.29, 1.82) is 0 Å². The minimum absolute atomic E-state index is 0.116. The van der Waals surface area contributed by atoms with E-state index in [-0.39, 0.29) is 30.5 Å². The van der Waals surface area contributed by atoms with Gasteiger partial charge in [-0.3, -0.25) is 19.0 Å². The van der Waals surface area contributed by atoms with Crippen LogP contribution < -0.4 is 10.9 Å². The molecule has 0 aliphatic heterocycles. The zero-order valence-electron chi connectivity index (χ0n) is 18.8. The minimum Gasteiger partial charge on any atom is -0.335 e. The van der Waals surface area contributed by atoms with Gasteiger partial charge in [-0.05, 0) is 50.1 Å². The van der Waals surface area contributed by atoms with E-state index in [2.05, 4.69) is 10.3 Å². The van der Waals surface area contributed by atoms with E-state index in [9.17, 15) is 14.4 Å². The molecule has 0 atom stereocenters. The molecule has 0 bridgehead atoms. The van der Waals surface area contributed by atoms with E-state index < -0.39 is 0 Å². The second-order valence-corrected chi connectivity index (χ2v) is 10.2. The zero-order chi connectivity index (χ0) is 23.7. The molecular formula is C24H24N4O3S2. The molecule has 9 heteroatoms. The average Bonchev–Trinajstić information content (AvgIpc) is 3.39. The Morgan fingerprint density at radius 1 is 1.15 bits per heavy atom. The van der Waals surface area contributed by atoms with Gasteiger partial charge in [0.2, 0.25) is 11.8 Å². The summed E-state index contributed by atoms with van der Waals surface area (Å²) in [4.78, 5) is 46.9. The van der Waals surface area contributed by atoms with Crippen LogP contribution in [0.5, 0.6) is 0 Å². The number of rotatable bonds is 6. The fraction of sp³-hybridized carbons (Fsp3) is 0.250. The summed E-state index contributed by atoms with van der Waals surface area (Å²) in [6, 6.07) is 9.81. The molecule has 2 amide bonds. The van der Waals surface area contributed by atoms with E-state index in [1.165, 1.54) is 27.1 Å². The van der Waals surface area contributed by atoms with Gasteiger partial charge in [-0.2, -0.15) is 0 Å². The third-order valence-electron chi connectivity index (χ3n) is 5.35. The van der Waals surface area contributed by atoms with Crippen LogP contribution in [0.2, 0.25) is 0 Å². The molecule has 0 aliphatic rings. The number of hydrogen-bond donors (Lipinski definition) is 1. The maximum atomic E-state index is 13.2. The smallest absolute Gasteiger partial charge is 0.263 e. The van der Waals surface area contributed by atoms with Gasteiger partial charge < -0.3 is 10.2 Å². The molecular weight excluding hydrogens is 456 g/mol. The number of anilines is 1. The standard InChI is InChI=1S/C24H24N4O3S2/c1-14-5-6-15(2)18(9-14)26-20(29)10-27(4)21(30)11-28-13-25-23-22(24(28)31)17(12-32-23)19-8-7-16(3)33-19/h5-9,12-13H,10-11H2,1-4H3,(H,26,29). The number of fused-ring (bicyclic) bond motifs is 1. The Balaban J connectivity index is 1.49. The molecule has 1 N–H and O–H groups in total. The van der Waals surface area contributed by atoms with E-state index in [4.69, 9.17) is 0 Å². The molecule has 0 unspecified atom stereocenters. The van der Waals surface area contributed by atoms with Crippen LogP contribution >= 0.6 is 22.7 Å². The molecule has 0 radical (unpaired) electrons. The summed E-state index contributed by atoms with van der Waals surface area (Å²) in [7, 11) is 1.55. The van der Waals surface area contributed by atoms with Crippen molar-refractivity contribution in [3.8, 4) is 10.4 Å². The number of hydrogen-bond acceptors (Lipinski definition) is 6. The second kappa shape index (κ2) is 9.29. The number of carbonyl (C=O) groups is 2. The molecule has 170 valence electrons. The molecule has 33 heavy (non-hydrogen) atoms. The van der Waals surface area contributed by atoms with E-state index in [0.717, 1.165) is 32.1 Å². The molecule has 7 nitrogen and oxygen atoms in total. The molecule has 3 heterocycles. The molecule has 4 rings (SSSR count). The lowest BCUT2D eigenvalue weighted by molar-refractivity contribution is -0.133. The summed E-state index contributed by atoms with van der Waals surface area (Å²) in [6.45, 7) is 5.58. The van der Waals surface area contributed by atoms with Gasteiger partial charge >= 0.3 is 0 Å². The van der Waals surface area contributed by atoms with Crippen molar-refractivity contribution >= 4 is 50.4 Å². The summed E-state index contributed by atoms with van der Waals surface area (Å²) >= 11 is 3.03. The zero-order valence-corrected chi connectivity index (χ0v) is 20.5. The Kier molecular flexibility index (Phi) is 6.44. The van der Waals surface area contributed by atoms with Crippen LogP contribution in [0.3, 0.4) is 0 Å². The van der Waals surface area contributed by atoms with E-state index in [1.54, 1.807) is 18.4 Å². The van der Waals surface area contributed by atoms with Gasteiger partial charge in [0.15, 0.2) is 0 Å². The lowest BCUT2D eigenvalue weighted by Gasteiger charge is -2.18. The number of nitrogens with zero attached hydrogens (tertiary/aromatic N) is 3. The summed E-state index contributed by atoms with van der Waals surface area (Å²) in [5, 5.41) is 5.30. The Hall–Kier alpha value is -3.30. The molecule has 0 aliphatic carbocycles. The highest BCUT2D eigenvalue weighted by atomic mass is 32.1. The lowest BCUT2D eigenvalue weighted by atomic mass is 10.1. The van der Waals surface area contributed by atoms with Gasteiger partial charge in [-0.15, -0.1) is 22.7 Å². The number of thiophene rings is 2. The van der Waals surface area contributed by atoms with Gasteiger partial charge in [-0.1, -0.05) is 12.1 Å². The average molecular weight is 481 g/mol. The third kappa shape index (κ3) is 4.89. The molecule has 4 aromatic rings. The lowest BCUT2D eigenvalue weighted by Crippen LogP contribution is -2.38. The van der Waals surface area contributed by atoms with Crippen molar-refractivity contribution in [2.75, 3.05) is 18.9 Å². The van der Waals surface area contributed by atoms with Crippen molar-refractivity contribution in [2.24, 2.45) is 0 Å². The SMILES string of the molecule is Cc1ccc(C)c(NC(=O)CN(C)C(=O)Cn2cnc3scc(-c4ccc(C)s4)c3c2=O)c1. The first-order valence-corrected chi connectivity index (χ1v) is 12.1. The van der Waals surface area contributed by atoms with Crippen LogP contribution in [0.15, 0.2) is 46.8 Å². The van der Waals surface area contributed by atoms with Gasteiger partial charge in [0, 0.05) is 33.4 Å². The Morgan fingerprint density at radius 2 is 1.94 bits per heavy atom. The van der Waals surface area contributed by atoms with Crippen molar-refractivity contribution in [2.45, 2.75) is 27.3 Å². The van der Waals surface area contributed by atoms with Gasteiger partial charge in [0.1, 0.15) is 11.4 Å². The van der Waals surface area contributed by atoms with Crippen LogP contribution in [0.25, 0.3) is 20.7 Å². The van der Waals surface area contributed by atoms with Gasteiger partial charge in [-0.25, -0.2) is 4.98 Å². The number of nitrogens with one attached hydrogen (secondary N) is 1. The van der Waals surface area contributed by atoms with Crippen molar-refractivity contribution in [3.05, 3.63) is 68.4 Å². The monoisotopic (exact) mass is 480 g/mol. The predicted octanol–water partition coefficient (Wildman–Crippen LogP) is 4.21. The van der Waals surface area contributed by atoms with Crippen molar-refractivity contribution in [1.82, 2.24) is 14.5 Å². The summed E-state index contributed by atoms with van der Waals surface area (Å²) in [5.41, 5.74) is 3.28. The molecule has 3 aromatic heterocycles. The highest BCUT2D eigenvalue weighted by molar-refractivity contribution is 7.19. The third-order valence-corrected chi connectivity index (χ3v) is 7.27. The number of aromatic nitrogens is 2. The fourth-order valence-electron chi connectivity index (χ4n) is 3.47. The van der Waals surface area contributed by atoms with E-state index in [0.29, 0.717) is 10.2 Å². The predicted molar refractivity (Wildman–Crippen MR) is 134 cm³/mol.